The molecule has 0 unspecified atom stereocenters. The minimum Gasteiger partial charge on any atom is -0.427 e. The average molecular weight is 308 g/mol. The van der Waals surface area contributed by atoms with Gasteiger partial charge in [0, 0.05) is 23.9 Å². The molecule has 2 aromatic carbocycles. The van der Waals surface area contributed by atoms with E-state index in [1.165, 1.54) is 19.1 Å². The maximum Gasteiger partial charge on any atom is 0.347 e. The molecule has 0 atom stereocenters. The first-order valence-electron chi connectivity index (χ1n) is 6.90. The van der Waals surface area contributed by atoms with Crippen LogP contribution in [0.25, 0.3) is 11.0 Å². The van der Waals surface area contributed by atoms with Gasteiger partial charge in [-0.15, -0.1) is 0 Å². The van der Waals surface area contributed by atoms with E-state index in [2.05, 4.69) is 0 Å². The maximum atomic E-state index is 12.4. The summed E-state index contributed by atoms with van der Waals surface area (Å²) in [5.41, 5.74) is -0.107. The monoisotopic (exact) mass is 308 g/mol. The van der Waals surface area contributed by atoms with Crippen molar-refractivity contribution in [1.82, 2.24) is 0 Å². The summed E-state index contributed by atoms with van der Waals surface area (Å²) in [6.07, 6.45) is 0. The van der Waals surface area contributed by atoms with Crippen molar-refractivity contribution in [3.8, 4) is 5.75 Å². The molecule has 0 fully saturated rings. The van der Waals surface area contributed by atoms with Gasteiger partial charge < -0.3 is 9.15 Å². The van der Waals surface area contributed by atoms with E-state index in [9.17, 15) is 14.4 Å². The Morgan fingerprint density at radius 2 is 1.74 bits per heavy atom. The second kappa shape index (κ2) is 5.88. The molecule has 1 heterocycles. The summed E-state index contributed by atoms with van der Waals surface area (Å²) in [5.74, 6) is -0.594. The highest BCUT2D eigenvalue weighted by atomic mass is 16.5. The largest absolute Gasteiger partial charge is 0.427 e. The third-order valence-electron chi connectivity index (χ3n) is 3.25. The van der Waals surface area contributed by atoms with E-state index < -0.39 is 17.4 Å². The van der Waals surface area contributed by atoms with Crippen LogP contribution in [0, 0.1) is 0 Å². The van der Waals surface area contributed by atoms with E-state index in [4.69, 9.17) is 9.15 Å². The van der Waals surface area contributed by atoms with Crippen LogP contribution < -0.4 is 10.4 Å². The lowest BCUT2D eigenvalue weighted by atomic mass is 10.0. The Morgan fingerprint density at radius 3 is 2.43 bits per heavy atom. The number of hydrogen-bond acceptors (Lipinski definition) is 5. The van der Waals surface area contributed by atoms with E-state index in [-0.39, 0.29) is 16.9 Å². The molecule has 0 saturated heterocycles. The normalized spacial score (nSPS) is 10.5. The van der Waals surface area contributed by atoms with Gasteiger partial charge in [0.1, 0.15) is 16.9 Å². The number of carbonyl (C=O) groups excluding carboxylic acids is 2. The highest BCUT2D eigenvalue weighted by molar-refractivity contribution is 6.09. The zero-order valence-corrected chi connectivity index (χ0v) is 12.2. The van der Waals surface area contributed by atoms with Crippen molar-refractivity contribution in [2.75, 3.05) is 0 Å². The van der Waals surface area contributed by atoms with Crippen LogP contribution in [0.3, 0.4) is 0 Å². The van der Waals surface area contributed by atoms with Crippen molar-refractivity contribution < 1.29 is 18.7 Å². The number of benzene rings is 2. The molecule has 3 aromatic rings. The number of carbonyl (C=O) groups is 2. The number of fused-ring (bicyclic) bond motifs is 1. The molecule has 0 N–H and O–H groups in total. The Morgan fingerprint density at radius 1 is 1.00 bits per heavy atom. The SMILES string of the molecule is CC(=O)Oc1ccc2cc(C(=O)c3ccccc3)c(=O)oc2c1. The van der Waals surface area contributed by atoms with E-state index in [0.29, 0.717) is 10.9 Å². The van der Waals surface area contributed by atoms with Gasteiger partial charge in [0.25, 0.3) is 0 Å². The Balaban J connectivity index is 2.07. The number of hydrogen-bond donors (Lipinski definition) is 0. The quantitative estimate of drug-likeness (QED) is 0.322. The first kappa shape index (κ1) is 14.7. The number of ketones is 1. The highest BCUT2D eigenvalue weighted by Crippen LogP contribution is 2.21. The molecule has 0 spiro atoms. The van der Waals surface area contributed by atoms with Gasteiger partial charge in [0.15, 0.2) is 5.78 Å². The predicted octanol–water partition coefficient (Wildman–Crippen LogP) is 2.95. The molecular weight excluding hydrogens is 296 g/mol. The van der Waals surface area contributed by atoms with E-state index in [1.807, 2.05) is 0 Å². The molecular formula is C18H12O5. The molecule has 0 amide bonds. The summed E-state index contributed by atoms with van der Waals surface area (Å²) in [6, 6.07) is 14.6. The fourth-order valence-corrected chi connectivity index (χ4v) is 2.22. The molecule has 5 nitrogen and oxygen atoms in total. The van der Waals surface area contributed by atoms with Gasteiger partial charge in [-0.25, -0.2) is 4.79 Å². The number of esters is 1. The highest BCUT2D eigenvalue weighted by Gasteiger charge is 2.16. The van der Waals surface area contributed by atoms with Crippen molar-refractivity contribution in [1.29, 1.82) is 0 Å². The first-order chi connectivity index (χ1) is 11.0. The lowest BCUT2D eigenvalue weighted by Gasteiger charge is -2.04. The van der Waals surface area contributed by atoms with Gasteiger partial charge in [-0.05, 0) is 18.2 Å². The van der Waals surface area contributed by atoms with Crippen LogP contribution in [0.1, 0.15) is 22.8 Å². The standard InChI is InChI=1S/C18H12O5/c1-11(19)22-14-8-7-13-9-15(18(21)23-16(13)10-14)17(20)12-5-3-2-4-6-12/h2-10H,1H3. The summed E-state index contributed by atoms with van der Waals surface area (Å²) in [7, 11) is 0. The van der Waals surface area contributed by atoms with Crippen LogP contribution in [0.4, 0.5) is 0 Å². The molecule has 3 rings (SSSR count). The minimum absolute atomic E-state index is 0.0380. The Labute approximate surface area is 131 Å². The van der Waals surface area contributed by atoms with E-state index in [0.717, 1.165) is 0 Å². The molecule has 0 aliphatic heterocycles. The Kier molecular flexibility index (Phi) is 3.76. The second-order valence-electron chi connectivity index (χ2n) is 4.94. The number of rotatable bonds is 3. The maximum absolute atomic E-state index is 12.4. The fraction of sp³-hybridized carbons (Fsp3) is 0.0556. The Bertz CT molecular complexity index is 954. The van der Waals surface area contributed by atoms with Gasteiger partial charge in [0.2, 0.25) is 0 Å². The lowest BCUT2D eigenvalue weighted by molar-refractivity contribution is -0.131. The lowest BCUT2D eigenvalue weighted by Crippen LogP contribution is -2.14. The minimum atomic E-state index is -0.730. The van der Waals surface area contributed by atoms with Gasteiger partial charge in [-0.3, -0.25) is 9.59 Å². The summed E-state index contributed by atoms with van der Waals surface area (Å²) in [6.45, 7) is 1.28. The van der Waals surface area contributed by atoms with Gasteiger partial charge in [-0.1, -0.05) is 30.3 Å². The van der Waals surface area contributed by atoms with Gasteiger partial charge in [0.05, 0.1) is 0 Å². The van der Waals surface area contributed by atoms with E-state index >= 15 is 0 Å². The topological polar surface area (TPSA) is 73.6 Å². The number of ether oxygens (including phenoxy) is 1. The van der Waals surface area contributed by atoms with Crippen molar-refractivity contribution in [3.05, 3.63) is 76.1 Å². The summed E-state index contributed by atoms with van der Waals surface area (Å²) in [5, 5.41) is 0.569. The fourth-order valence-electron chi connectivity index (χ4n) is 2.22. The van der Waals surface area contributed by atoms with Crippen LogP contribution in [0.5, 0.6) is 5.75 Å². The van der Waals surface area contributed by atoms with Crippen LogP contribution in [-0.2, 0) is 4.79 Å². The summed E-state index contributed by atoms with van der Waals surface area (Å²) < 4.78 is 10.1. The second-order valence-corrected chi connectivity index (χ2v) is 4.94. The van der Waals surface area contributed by atoms with Crippen LogP contribution >= 0.6 is 0 Å². The Hall–Kier alpha value is -3.21. The molecule has 1 aromatic heterocycles. The average Bonchev–Trinajstić information content (AvgIpc) is 2.54. The third kappa shape index (κ3) is 3.03. The molecule has 5 heteroatoms. The zero-order chi connectivity index (χ0) is 16.4. The predicted molar refractivity (Wildman–Crippen MR) is 83.7 cm³/mol. The van der Waals surface area contributed by atoms with Crippen molar-refractivity contribution in [3.63, 3.8) is 0 Å². The molecule has 0 bridgehead atoms. The van der Waals surface area contributed by atoms with Crippen LogP contribution in [-0.4, -0.2) is 11.8 Å². The summed E-state index contributed by atoms with van der Waals surface area (Å²) in [4.78, 5) is 35.4. The smallest absolute Gasteiger partial charge is 0.347 e. The van der Waals surface area contributed by atoms with Crippen LogP contribution in [0.2, 0.25) is 0 Å². The van der Waals surface area contributed by atoms with Gasteiger partial charge >= 0.3 is 11.6 Å². The molecule has 23 heavy (non-hydrogen) atoms. The molecule has 114 valence electrons. The van der Waals surface area contributed by atoms with Crippen molar-refractivity contribution >= 4 is 22.7 Å². The van der Waals surface area contributed by atoms with Gasteiger partial charge in [-0.2, -0.15) is 0 Å². The summed E-state index contributed by atoms with van der Waals surface area (Å²) >= 11 is 0. The van der Waals surface area contributed by atoms with Crippen molar-refractivity contribution in [2.45, 2.75) is 6.92 Å². The van der Waals surface area contributed by atoms with Crippen molar-refractivity contribution in [2.24, 2.45) is 0 Å². The third-order valence-corrected chi connectivity index (χ3v) is 3.25. The molecule has 0 aliphatic rings. The van der Waals surface area contributed by atoms with Crippen LogP contribution in [0.15, 0.2) is 63.8 Å². The first-order valence-corrected chi connectivity index (χ1v) is 6.90. The molecule has 0 saturated carbocycles. The molecule has 0 radical (unpaired) electrons. The van der Waals surface area contributed by atoms with E-state index in [1.54, 1.807) is 42.5 Å². The molecule has 0 aliphatic carbocycles. The zero-order valence-electron chi connectivity index (χ0n) is 12.2.